The minimum absolute atomic E-state index is 0.0113. The molecule has 0 amide bonds. The van der Waals surface area contributed by atoms with Gasteiger partial charge in [-0.3, -0.25) is 9.59 Å². The zero-order valence-corrected chi connectivity index (χ0v) is 15.0. The molecular weight excluding hydrogens is 340 g/mol. The summed E-state index contributed by atoms with van der Waals surface area (Å²) in [6.45, 7) is 0. The lowest BCUT2D eigenvalue weighted by Gasteiger charge is -2.15. The molecule has 124 valence electrons. The molecular formula is C19H18O3S2. The maximum Gasteiger partial charge on any atom is 0.167 e. The zero-order chi connectivity index (χ0) is 16.9. The molecule has 0 unspecified atom stereocenters. The zero-order valence-electron chi connectivity index (χ0n) is 13.4. The number of ketones is 2. The number of thioether (sulfide) groups is 2. The Balaban J connectivity index is 1.66. The van der Waals surface area contributed by atoms with Crippen molar-refractivity contribution < 1.29 is 14.3 Å². The van der Waals surface area contributed by atoms with Crippen LogP contribution in [0.25, 0.3) is 0 Å². The van der Waals surface area contributed by atoms with Gasteiger partial charge in [0, 0.05) is 39.7 Å². The van der Waals surface area contributed by atoms with E-state index in [1.807, 2.05) is 36.0 Å². The minimum atomic E-state index is -0.0660. The Morgan fingerprint density at radius 2 is 1.67 bits per heavy atom. The number of rotatable bonds is 6. The van der Waals surface area contributed by atoms with Crippen molar-refractivity contribution in [2.45, 2.75) is 22.6 Å². The fraction of sp³-hybridized carbons (Fsp3) is 0.263. The number of hydrogen-bond acceptors (Lipinski definition) is 5. The summed E-state index contributed by atoms with van der Waals surface area (Å²) in [7, 11) is 1.54. The lowest BCUT2D eigenvalue weighted by Crippen LogP contribution is -2.07. The summed E-state index contributed by atoms with van der Waals surface area (Å²) < 4.78 is 5.21. The highest BCUT2D eigenvalue weighted by Crippen LogP contribution is 2.37. The number of methoxy groups -OCH3 is 1. The Hall–Kier alpha value is -1.72. The van der Waals surface area contributed by atoms with Crippen molar-refractivity contribution in [2.75, 3.05) is 18.6 Å². The van der Waals surface area contributed by atoms with Crippen LogP contribution in [-0.2, 0) is 0 Å². The molecule has 0 N–H and O–H groups in total. The van der Waals surface area contributed by atoms with Gasteiger partial charge in [-0.15, -0.1) is 23.5 Å². The average Bonchev–Trinajstić information content (AvgIpc) is 2.65. The van der Waals surface area contributed by atoms with Crippen molar-refractivity contribution in [3.63, 3.8) is 0 Å². The molecule has 2 aromatic carbocycles. The lowest BCUT2D eigenvalue weighted by molar-refractivity contribution is 0.0915. The second-order valence-corrected chi connectivity index (χ2v) is 7.68. The van der Waals surface area contributed by atoms with Crippen LogP contribution in [0.4, 0.5) is 0 Å². The molecule has 1 heterocycles. The maximum absolute atomic E-state index is 12.4. The van der Waals surface area contributed by atoms with Crippen molar-refractivity contribution in [3.05, 3.63) is 53.6 Å². The number of Topliss-reactive ketones (excluding diaryl/α,β-unsaturated/α-hetero) is 2. The van der Waals surface area contributed by atoms with E-state index in [1.165, 1.54) is 9.79 Å². The van der Waals surface area contributed by atoms with E-state index in [0.717, 1.165) is 11.5 Å². The average molecular weight is 358 g/mol. The predicted molar refractivity (Wildman–Crippen MR) is 98.8 cm³/mol. The Morgan fingerprint density at radius 3 is 2.46 bits per heavy atom. The molecule has 0 atom stereocenters. The normalized spacial score (nSPS) is 13.2. The van der Waals surface area contributed by atoms with Crippen LogP contribution in [0.2, 0.25) is 0 Å². The van der Waals surface area contributed by atoms with Crippen molar-refractivity contribution in [1.82, 2.24) is 0 Å². The van der Waals surface area contributed by atoms with Gasteiger partial charge in [-0.2, -0.15) is 0 Å². The number of carbonyl (C=O) groups is 2. The van der Waals surface area contributed by atoms with Crippen LogP contribution < -0.4 is 4.74 Å². The lowest BCUT2D eigenvalue weighted by atomic mass is 10.0. The Labute approximate surface area is 150 Å². The molecule has 1 aliphatic rings. The standard InChI is InChI=1S/C19H18O3S2/c1-22-17-5-3-2-4-14(17)16(21)8-7-15(20)13-6-9-18-19(12-13)24-11-10-23-18/h2-6,9,12H,7-8,10-11H2,1H3. The fourth-order valence-corrected chi connectivity index (χ4v) is 4.84. The molecule has 3 nitrogen and oxygen atoms in total. The molecule has 0 spiro atoms. The summed E-state index contributed by atoms with van der Waals surface area (Å²) >= 11 is 3.62. The summed E-state index contributed by atoms with van der Waals surface area (Å²) in [6.07, 6.45) is 0.408. The van der Waals surface area contributed by atoms with Crippen LogP contribution >= 0.6 is 23.5 Å². The number of benzene rings is 2. The van der Waals surface area contributed by atoms with Crippen LogP contribution in [0, 0.1) is 0 Å². The highest BCUT2D eigenvalue weighted by Gasteiger charge is 2.16. The number of carbonyl (C=O) groups excluding carboxylic acids is 2. The Bertz CT molecular complexity index is 771. The summed E-state index contributed by atoms with van der Waals surface area (Å²) in [6, 6.07) is 13.0. The SMILES string of the molecule is COc1ccccc1C(=O)CCC(=O)c1ccc2c(c1)SCCS2. The second-order valence-electron chi connectivity index (χ2n) is 5.41. The van der Waals surface area contributed by atoms with Crippen LogP contribution in [0.15, 0.2) is 52.3 Å². The second kappa shape index (κ2) is 7.90. The van der Waals surface area contributed by atoms with Gasteiger partial charge < -0.3 is 4.74 Å². The molecule has 24 heavy (non-hydrogen) atoms. The minimum Gasteiger partial charge on any atom is -0.496 e. The van der Waals surface area contributed by atoms with Crippen LogP contribution in [0.3, 0.4) is 0 Å². The van der Waals surface area contributed by atoms with Gasteiger partial charge in [0.2, 0.25) is 0 Å². The molecule has 3 rings (SSSR count). The monoisotopic (exact) mass is 358 g/mol. The van der Waals surface area contributed by atoms with Crippen molar-refractivity contribution in [3.8, 4) is 5.75 Å². The topological polar surface area (TPSA) is 43.4 Å². The summed E-state index contributed by atoms with van der Waals surface area (Å²) in [5.74, 6) is 2.68. The first-order valence-electron chi connectivity index (χ1n) is 7.78. The van der Waals surface area contributed by atoms with E-state index in [-0.39, 0.29) is 24.4 Å². The third-order valence-corrected chi connectivity index (χ3v) is 6.37. The summed E-state index contributed by atoms with van der Waals surface area (Å²) in [5.41, 5.74) is 1.22. The molecule has 1 aliphatic heterocycles. The molecule has 5 heteroatoms. The highest BCUT2D eigenvalue weighted by molar-refractivity contribution is 8.05. The van der Waals surface area contributed by atoms with E-state index >= 15 is 0 Å². The van der Waals surface area contributed by atoms with E-state index < -0.39 is 0 Å². The molecule has 0 aliphatic carbocycles. The van der Waals surface area contributed by atoms with E-state index in [4.69, 9.17) is 4.74 Å². The molecule has 0 saturated heterocycles. The van der Waals surface area contributed by atoms with Gasteiger partial charge in [-0.25, -0.2) is 0 Å². The van der Waals surface area contributed by atoms with Gasteiger partial charge >= 0.3 is 0 Å². The van der Waals surface area contributed by atoms with E-state index in [0.29, 0.717) is 16.9 Å². The van der Waals surface area contributed by atoms with Crippen molar-refractivity contribution in [2.24, 2.45) is 0 Å². The molecule has 2 aromatic rings. The van der Waals surface area contributed by atoms with Gasteiger partial charge in [-0.1, -0.05) is 18.2 Å². The van der Waals surface area contributed by atoms with Crippen LogP contribution in [0.1, 0.15) is 33.6 Å². The molecule has 0 aromatic heterocycles. The van der Waals surface area contributed by atoms with Crippen molar-refractivity contribution >= 4 is 35.1 Å². The van der Waals surface area contributed by atoms with E-state index in [9.17, 15) is 9.59 Å². The molecule has 0 saturated carbocycles. The Morgan fingerprint density at radius 1 is 0.958 bits per heavy atom. The van der Waals surface area contributed by atoms with Gasteiger partial charge in [0.1, 0.15) is 5.75 Å². The van der Waals surface area contributed by atoms with E-state index in [2.05, 4.69) is 0 Å². The fourth-order valence-electron chi connectivity index (χ4n) is 2.60. The van der Waals surface area contributed by atoms with Gasteiger partial charge in [0.25, 0.3) is 0 Å². The van der Waals surface area contributed by atoms with Gasteiger partial charge in [0.05, 0.1) is 12.7 Å². The number of hydrogen-bond donors (Lipinski definition) is 0. The molecule has 0 bridgehead atoms. The summed E-state index contributed by atoms with van der Waals surface area (Å²) in [5, 5.41) is 0. The maximum atomic E-state index is 12.4. The first-order chi connectivity index (χ1) is 11.7. The third kappa shape index (κ3) is 3.84. The highest BCUT2D eigenvalue weighted by atomic mass is 32.2. The first kappa shape index (κ1) is 17.1. The number of ether oxygens (including phenoxy) is 1. The predicted octanol–water partition coefficient (Wildman–Crippen LogP) is 4.74. The smallest absolute Gasteiger partial charge is 0.167 e. The Kier molecular flexibility index (Phi) is 5.63. The third-order valence-electron chi connectivity index (χ3n) is 3.85. The summed E-state index contributed by atoms with van der Waals surface area (Å²) in [4.78, 5) is 27.2. The van der Waals surface area contributed by atoms with Crippen LogP contribution in [-0.4, -0.2) is 30.2 Å². The molecule has 0 radical (unpaired) electrons. The van der Waals surface area contributed by atoms with Gasteiger partial charge in [-0.05, 0) is 24.3 Å². The quantitative estimate of drug-likeness (QED) is 0.698. The molecule has 0 fully saturated rings. The van der Waals surface area contributed by atoms with Crippen molar-refractivity contribution in [1.29, 1.82) is 0 Å². The van der Waals surface area contributed by atoms with Crippen LogP contribution in [0.5, 0.6) is 5.75 Å². The first-order valence-corrected chi connectivity index (χ1v) is 9.75. The number of fused-ring (bicyclic) bond motifs is 1. The largest absolute Gasteiger partial charge is 0.496 e. The van der Waals surface area contributed by atoms with E-state index in [1.54, 1.807) is 37.1 Å². The van der Waals surface area contributed by atoms with Gasteiger partial charge in [0.15, 0.2) is 11.6 Å². The number of para-hydroxylation sites is 1.